The maximum Gasteiger partial charge on any atom is 0.235 e. The molecule has 0 spiro atoms. The average Bonchev–Trinajstić information content (AvgIpc) is 2.98. The van der Waals surface area contributed by atoms with E-state index in [4.69, 9.17) is 0 Å². The normalized spacial score (nSPS) is 11.6. The maximum absolute atomic E-state index is 11.7. The first-order valence-corrected chi connectivity index (χ1v) is 8.34. The summed E-state index contributed by atoms with van der Waals surface area (Å²) in [5.41, 5.74) is 0.843. The lowest BCUT2D eigenvalue weighted by atomic mass is 10.2. The molecule has 0 aliphatic carbocycles. The van der Waals surface area contributed by atoms with Crippen LogP contribution >= 0.6 is 0 Å². The van der Waals surface area contributed by atoms with Gasteiger partial charge in [-0.1, -0.05) is 0 Å². The van der Waals surface area contributed by atoms with E-state index < -0.39 is 10.0 Å². The Labute approximate surface area is 128 Å². The van der Waals surface area contributed by atoms with Crippen LogP contribution in [0.5, 0.6) is 0 Å². The van der Waals surface area contributed by atoms with Crippen molar-refractivity contribution in [3.8, 4) is 5.82 Å². The number of carbonyl (C=O) groups is 1. The van der Waals surface area contributed by atoms with E-state index in [9.17, 15) is 13.2 Å². The lowest BCUT2D eigenvalue weighted by Crippen LogP contribution is -2.37. The molecule has 0 aliphatic heterocycles. The van der Waals surface area contributed by atoms with Crippen LogP contribution in [0.15, 0.2) is 36.8 Å². The molecule has 0 fully saturated rings. The molecule has 1 N–H and O–H groups in total. The molecule has 2 rings (SSSR count). The third-order valence-electron chi connectivity index (χ3n) is 2.97. The molecule has 118 valence electrons. The highest BCUT2D eigenvalue weighted by atomic mass is 32.2. The predicted octanol–water partition coefficient (Wildman–Crippen LogP) is -0.225. The van der Waals surface area contributed by atoms with Crippen LogP contribution in [0.25, 0.3) is 5.82 Å². The number of hydrogen-bond donors (Lipinski definition) is 1. The summed E-state index contributed by atoms with van der Waals surface area (Å²) in [5, 5.41) is 6.75. The Bertz CT molecular complexity index is 743. The van der Waals surface area contributed by atoms with E-state index in [1.807, 2.05) is 0 Å². The molecule has 1 amide bonds. The number of pyridine rings is 1. The summed E-state index contributed by atoms with van der Waals surface area (Å²) in [5.74, 6) is 0.273. The average molecular weight is 323 g/mol. The fourth-order valence-corrected chi connectivity index (χ4v) is 2.03. The second-order valence-electron chi connectivity index (χ2n) is 4.77. The Morgan fingerprint density at radius 1 is 1.41 bits per heavy atom. The number of aromatic nitrogens is 3. The number of rotatable bonds is 6. The standard InChI is InChI=1S/C13H17N5O3S/c1-17(22(2,20)21)10-13(19)15-9-11-4-6-14-12(8-11)18-7-3-5-16-18/h3-8H,9-10H2,1-2H3,(H,15,19). The Kier molecular flexibility index (Phi) is 4.88. The molecule has 0 unspecified atom stereocenters. The summed E-state index contributed by atoms with van der Waals surface area (Å²) in [6, 6.07) is 5.36. The Morgan fingerprint density at radius 3 is 2.82 bits per heavy atom. The minimum atomic E-state index is -3.37. The Hall–Kier alpha value is -2.26. The molecule has 0 saturated heterocycles. The van der Waals surface area contributed by atoms with Crippen molar-refractivity contribution in [3.63, 3.8) is 0 Å². The summed E-state index contributed by atoms with van der Waals surface area (Å²) in [6.45, 7) is 0.0726. The third kappa shape index (κ3) is 4.37. The largest absolute Gasteiger partial charge is 0.351 e. The van der Waals surface area contributed by atoms with Gasteiger partial charge in [0.1, 0.15) is 0 Å². The van der Waals surface area contributed by atoms with E-state index in [1.54, 1.807) is 41.5 Å². The number of carbonyl (C=O) groups excluding carboxylic acids is 1. The first kappa shape index (κ1) is 16.1. The van der Waals surface area contributed by atoms with E-state index in [0.717, 1.165) is 16.1 Å². The molecule has 0 atom stereocenters. The van der Waals surface area contributed by atoms with Crippen molar-refractivity contribution in [1.29, 1.82) is 0 Å². The van der Waals surface area contributed by atoms with Crippen molar-refractivity contribution in [2.75, 3.05) is 19.8 Å². The number of hydrogen-bond acceptors (Lipinski definition) is 5. The molecule has 22 heavy (non-hydrogen) atoms. The summed E-state index contributed by atoms with van der Waals surface area (Å²) < 4.78 is 25.1. The number of nitrogens with zero attached hydrogens (tertiary/aromatic N) is 4. The second kappa shape index (κ2) is 6.67. The van der Waals surface area contributed by atoms with Gasteiger partial charge in [0.05, 0.1) is 12.8 Å². The molecule has 0 aliphatic rings. The first-order chi connectivity index (χ1) is 10.4. The second-order valence-corrected chi connectivity index (χ2v) is 6.86. The van der Waals surface area contributed by atoms with E-state index in [1.165, 1.54) is 7.05 Å². The van der Waals surface area contributed by atoms with Gasteiger partial charge in [0.25, 0.3) is 0 Å². The molecule has 9 heteroatoms. The Morgan fingerprint density at radius 2 is 2.18 bits per heavy atom. The highest BCUT2D eigenvalue weighted by molar-refractivity contribution is 7.88. The van der Waals surface area contributed by atoms with E-state index >= 15 is 0 Å². The zero-order chi connectivity index (χ0) is 16.2. The monoisotopic (exact) mass is 323 g/mol. The molecular formula is C13H17N5O3S. The predicted molar refractivity (Wildman–Crippen MR) is 80.7 cm³/mol. The molecule has 2 aromatic heterocycles. The first-order valence-electron chi connectivity index (χ1n) is 6.49. The molecular weight excluding hydrogens is 306 g/mol. The number of sulfonamides is 1. The maximum atomic E-state index is 11.7. The molecule has 0 saturated carbocycles. The van der Waals surface area contributed by atoms with Gasteiger partial charge in [0.15, 0.2) is 5.82 Å². The molecule has 2 heterocycles. The van der Waals surface area contributed by atoms with E-state index in [0.29, 0.717) is 5.82 Å². The van der Waals surface area contributed by atoms with Crippen molar-refractivity contribution >= 4 is 15.9 Å². The molecule has 0 aromatic carbocycles. The van der Waals surface area contributed by atoms with Gasteiger partial charge in [-0.2, -0.15) is 9.40 Å². The van der Waals surface area contributed by atoms with Gasteiger partial charge in [0.2, 0.25) is 15.9 Å². The van der Waals surface area contributed by atoms with Crippen LogP contribution in [0, 0.1) is 0 Å². The van der Waals surface area contributed by atoms with E-state index in [-0.39, 0.29) is 19.0 Å². The number of amides is 1. The smallest absolute Gasteiger partial charge is 0.235 e. The lowest BCUT2D eigenvalue weighted by Gasteiger charge is -2.13. The summed E-state index contributed by atoms with van der Waals surface area (Å²) in [7, 11) is -2.01. The summed E-state index contributed by atoms with van der Waals surface area (Å²) >= 11 is 0. The molecule has 8 nitrogen and oxygen atoms in total. The zero-order valence-electron chi connectivity index (χ0n) is 12.3. The van der Waals surface area contributed by atoms with Crippen molar-refractivity contribution in [2.45, 2.75) is 6.54 Å². The van der Waals surface area contributed by atoms with Gasteiger partial charge in [-0.3, -0.25) is 4.79 Å². The van der Waals surface area contributed by atoms with Gasteiger partial charge in [0, 0.05) is 32.2 Å². The minimum absolute atomic E-state index is 0.212. The van der Waals surface area contributed by atoms with Gasteiger partial charge in [-0.05, 0) is 23.8 Å². The quantitative estimate of drug-likeness (QED) is 0.792. The van der Waals surface area contributed by atoms with Crippen molar-refractivity contribution in [3.05, 3.63) is 42.4 Å². The van der Waals surface area contributed by atoms with Gasteiger partial charge in [-0.15, -0.1) is 0 Å². The van der Waals surface area contributed by atoms with Crippen LogP contribution in [-0.2, 0) is 21.4 Å². The van der Waals surface area contributed by atoms with Crippen molar-refractivity contribution in [2.24, 2.45) is 0 Å². The van der Waals surface area contributed by atoms with Gasteiger partial charge in [-0.25, -0.2) is 18.1 Å². The fourth-order valence-electron chi connectivity index (χ4n) is 1.68. The number of nitrogens with one attached hydrogen (secondary N) is 1. The van der Waals surface area contributed by atoms with E-state index in [2.05, 4.69) is 15.4 Å². The van der Waals surface area contributed by atoms with Crippen LogP contribution in [0.2, 0.25) is 0 Å². The van der Waals surface area contributed by atoms with Crippen LogP contribution in [0.1, 0.15) is 5.56 Å². The van der Waals surface area contributed by atoms with Crippen LogP contribution in [-0.4, -0.2) is 53.2 Å². The highest BCUT2D eigenvalue weighted by Gasteiger charge is 2.14. The van der Waals surface area contributed by atoms with Crippen molar-refractivity contribution < 1.29 is 13.2 Å². The summed E-state index contributed by atoms with van der Waals surface area (Å²) in [6.07, 6.45) is 6.10. The Balaban J connectivity index is 1.95. The van der Waals surface area contributed by atoms with Crippen LogP contribution in [0.3, 0.4) is 0 Å². The lowest BCUT2D eigenvalue weighted by molar-refractivity contribution is -0.121. The molecule has 0 radical (unpaired) electrons. The van der Waals surface area contributed by atoms with Crippen LogP contribution in [0.4, 0.5) is 0 Å². The SMILES string of the molecule is CN(CC(=O)NCc1ccnc(-n2cccn2)c1)S(C)(=O)=O. The molecule has 0 bridgehead atoms. The van der Waals surface area contributed by atoms with Gasteiger partial charge >= 0.3 is 0 Å². The zero-order valence-corrected chi connectivity index (χ0v) is 13.1. The fraction of sp³-hybridized carbons (Fsp3) is 0.308. The topological polar surface area (TPSA) is 97.2 Å². The minimum Gasteiger partial charge on any atom is -0.351 e. The van der Waals surface area contributed by atoms with Crippen molar-refractivity contribution in [1.82, 2.24) is 24.4 Å². The van der Waals surface area contributed by atoms with Gasteiger partial charge < -0.3 is 5.32 Å². The summed E-state index contributed by atoms with van der Waals surface area (Å²) in [4.78, 5) is 15.9. The number of likely N-dealkylation sites (N-methyl/N-ethyl adjacent to an activating group) is 1. The third-order valence-corrected chi connectivity index (χ3v) is 4.23. The molecule has 2 aromatic rings. The highest BCUT2D eigenvalue weighted by Crippen LogP contribution is 2.06. The van der Waals surface area contributed by atoms with Crippen LogP contribution < -0.4 is 5.32 Å².